The molecule has 0 radical (unpaired) electrons. The van der Waals surface area contributed by atoms with Crippen molar-refractivity contribution >= 4 is 19.7 Å². The van der Waals surface area contributed by atoms with Crippen LogP contribution in [0.5, 0.6) is 5.75 Å². The van der Waals surface area contributed by atoms with Gasteiger partial charge in [0.05, 0.1) is 12.4 Å². The maximum absolute atomic E-state index is 10.8. The van der Waals surface area contributed by atoms with E-state index in [1.165, 1.54) is 0 Å². The van der Waals surface area contributed by atoms with Crippen LogP contribution in [-0.2, 0) is 9.05 Å². The predicted octanol–water partition coefficient (Wildman–Crippen LogP) is 3.69. The van der Waals surface area contributed by atoms with Crippen LogP contribution in [-0.4, -0.2) is 20.8 Å². The van der Waals surface area contributed by atoms with Crippen LogP contribution >= 0.6 is 10.7 Å². The molecule has 0 saturated carbocycles. The van der Waals surface area contributed by atoms with Gasteiger partial charge in [-0.15, -0.1) is 0 Å². The van der Waals surface area contributed by atoms with E-state index in [-0.39, 0.29) is 5.75 Å². The molecule has 0 fully saturated rings. The fraction of sp³-hybridized carbons (Fsp3) is 0.200. The van der Waals surface area contributed by atoms with Crippen LogP contribution in [0.4, 0.5) is 0 Å². The van der Waals surface area contributed by atoms with Gasteiger partial charge in [-0.3, -0.25) is 0 Å². The first kappa shape index (κ1) is 14.9. The van der Waals surface area contributed by atoms with E-state index in [0.717, 1.165) is 16.9 Å². The molecule has 0 spiro atoms. The van der Waals surface area contributed by atoms with E-state index >= 15 is 0 Å². The first-order valence-electron chi connectivity index (χ1n) is 6.26. The minimum atomic E-state index is -3.45. The first-order valence-corrected chi connectivity index (χ1v) is 8.74. The molecule has 3 nitrogen and oxygen atoms in total. The number of benzene rings is 2. The second-order valence-corrected chi connectivity index (χ2v) is 7.20. The van der Waals surface area contributed by atoms with Crippen molar-refractivity contribution in [3.8, 4) is 16.9 Å². The van der Waals surface area contributed by atoms with Crippen LogP contribution in [0, 0.1) is 0 Å². The Hall–Kier alpha value is -1.52. The zero-order chi connectivity index (χ0) is 14.4. The molecule has 2 aromatic rings. The largest absolute Gasteiger partial charge is 0.493 e. The lowest BCUT2D eigenvalue weighted by atomic mass is 10.1. The van der Waals surface area contributed by atoms with Gasteiger partial charge in [0.2, 0.25) is 9.05 Å². The molecule has 0 unspecified atom stereocenters. The molecule has 0 atom stereocenters. The van der Waals surface area contributed by atoms with E-state index in [1.54, 1.807) is 0 Å². The van der Waals surface area contributed by atoms with E-state index in [4.69, 9.17) is 15.4 Å². The van der Waals surface area contributed by atoms with Crippen LogP contribution in [0.3, 0.4) is 0 Å². The van der Waals surface area contributed by atoms with E-state index in [9.17, 15) is 8.42 Å². The summed E-state index contributed by atoms with van der Waals surface area (Å²) >= 11 is 0. The van der Waals surface area contributed by atoms with Gasteiger partial charge in [-0.1, -0.05) is 48.5 Å². The Morgan fingerprint density at radius 2 is 1.60 bits per heavy atom. The van der Waals surface area contributed by atoms with Crippen molar-refractivity contribution in [3.05, 3.63) is 54.6 Å². The Morgan fingerprint density at radius 1 is 0.950 bits per heavy atom. The van der Waals surface area contributed by atoms with Crippen LogP contribution in [0.25, 0.3) is 11.1 Å². The standard InChI is InChI=1S/C15H15ClO3S/c16-20(17,18)12-6-11-19-15-10-5-4-9-14(15)13-7-2-1-3-8-13/h1-5,7-10H,6,11-12H2. The Bertz CT molecular complexity index is 654. The average Bonchev–Trinajstić information content (AvgIpc) is 2.44. The molecular weight excluding hydrogens is 296 g/mol. The summed E-state index contributed by atoms with van der Waals surface area (Å²) in [4.78, 5) is 0. The lowest BCUT2D eigenvalue weighted by Gasteiger charge is -2.11. The monoisotopic (exact) mass is 310 g/mol. The molecular formula is C15H15ClO3S. The second kappa shape index (κ2) is 6.77. The van der Waals surface area contributed by atoms with Gasteiger partial charge in [0.1, 0.15) is 5.75 Å². The van der Waals surface area contributed by atoms with Gasteiger partial charge < -0.3 is 4.74 Å². The number of ether oxygens (including phenoxy) is 1. The zero-order valence-corrected chi connectivity index (χ0v) is 12.4. The molecule has 5 heteroatoms. The number of hydrogen-bond donors (Lipinski definition) is 0. The Morgan fingerprint density at radius 3 is 2.30 bits per heavy atom. The summed E-state index contributed by atoms with van der Waals surface area (Å²) in [5.74, 6) is 0.660. The summed E-state index contributed by atoms with van der Waals surface area (Å²) in [5.41, 5.74) is 2.05. The highest BCUT2D eigenvalue weighted by atomic mass is 35.7. The van der Waals surface area contributed by atoms with Crippen LogP contribution in [0.2, 0.25) is 0 Å². The van der Waals surface area contributed by atoms with E-state index < -0.39 is 9.05 Å². The van der Waals surface area contributed by atoms with Crippen LogP contribution in [0.1, 0.15) is 6.42 Å². The summed E-state index contributed by atoms with van der Waals surface area (Å²) in [6, 6.07) is 17.6. The van der Waals surface area contributed by atoms with Gasteiger partial charge in [0.15, 0.2) is 0 Å². The van der Waals surface area contributed by atoms with Gasteiger partial charge in [0, 0.05) is 16.2 Å². The summed E-state index contributed by atoms with van der Waals surface area (Å²) in [7, 11) is 1.71. The molecule has 0 aliphatic heterocycles. The molecule has 0 aliphatic carbocycles. The lowest BCUT2D eigenvalue weighted by molar-refractivity contribution is 0.319. The average molecular weight is 311 g/mol. The minimum Gasteiger partial charge on any atom is -0.493 e. The lowest BCUT2D eigenvalue weighted by Crippen LogP contribution is -2.05. The number of hydrogen-bond acceptors (Lipinski definition) is 3. The molecule has 0 saturated heterocycles. The van der Waals surface area contributed by atoms with Crippen molar-refractivity contribution in [1.82, 2.24) is 0 Å². The molecule has 20 heavy (non-hydrogen) atoms. The normalized spacial score (nSPS) is 11.2. The predicted molar refractivity (Wildman–Crippen MR) is 81.6 cm³/mol. The number of para-hydroxylation sites is 1. The molecule has 2 aromatic carbocycles. The van der Waals surface area contributed by atoms with Crippen molar-refractivity contribution in [2.24, 2.45) is 0 Å². The van der Waals surface area contributed by atoms with E-state index in [1.807, 2.05) is 54.6 Å². The molecule has 2 rings (SSSR count). The quantitative estimate of drug-likeness (QED) is 0.603. The third-order valence-electron chi connectivity index (χ3n) is 2.76. The van der Waals surface area contributed by atoms with Crippen molar-refractivity contribution in [2.45, 2.75) is 6.42 Å². The highest BCUT2D eigenvalue weighted by Gasteiger charge is 2.07. The molecule has 0 bridgehead atoms. The summed E-state index contributed by atoms with van der Waals surface area (Å²) in [6.07, 6.45) is 0.370. The number of halogens is 1. The molecule has 0 amide bonds. The molecule has 0 aliphatic rings. The smallest absolute Gasteiger partial charge is 0.232 e. The molecule has 106 valence electrons. The van der Waals surface area contributed by atoms with Gasteiger partial charge >= 0.3 is 0 Å². The topological polar surface area (TPSA) is 43.4 Å². The molecule has 0 aromatic heterocycles. The maximum atomic E-state index is 10.8. The van der Waals surface area contributed by atoms with Crippen LogP contribution < -0.4 is 4.74 Å². The summed E-state index contributed by atoms with van der Waals surface area (Å²) < 4.78 is 27.3. The van der Waals surface area contributed by atoms with Crippen LogP contribution in [0.15, 0.2) is 54.6 Å². The van der Waals surface area contributed by atoms with Gasteiger partial charge in [-0.2, -0.15) is 0 Å². The number of rotatable bonds is 6. The second-order valence-electron chi connectivity index (χ2n) is 4.31. The van der Waals surface area contributed by atoms with E-state index in [2.05, 4.69) is 0 Å². The zero-order valence-electron chi connectivity index (χ0n) is 10.8. The Labute approximate surface area is 123 Å². The van der Waals surface area contributed by atoms with Gasteiger partial charge in [0.25, 0.3) is 0 Å². The SMILES string of the molecule is O=S(=O)(Cl)CCCOc1ccccc1-c1ccccc1. The maximum Gasteiger partial charge on any atom is 0.232 e. The van der Waals surface area contributed by atoms with Crippen molar-refractivity contribution in [2.75, 3.05) is 12.4 Å². The Balaban J connectivity index is 2.06. The van der Waals surface area contributed by atoms with Crippen molar-refractivity contribution < 1.29 is 13.2 Å². The van der Waals surface area contributed by atoms with Crippen molar-refractivity contribution in [1.29, 1.82) is 0 Å². The highest BCUT2D eigenvalue weighted by Crippen LogP contribution is 2.29. The fourth-order valence-electron chi connectivity index (χ4n) is 1.86. The Kier molecular flexibility index (Phi) is 5.04. The third kappa shape index (κ3) is 4.54. The summed E-state index contributed by atoms with van der Waals surface area (Å²) in [5, 5.41) is 0. The fourth-order valence-corrected chi connectivity index (χ4v) is 2.65. The molecule has 0 heterocycles. The van der Waals surface area contributed by atoms with E-state index in [0.29, 0.717) is 13.0 Å². The third-order valence-corrected chi connectivity index (χ3v) is 4.00. The highest BCUT2D eigenvalue weighted by molar-refractivity contribution is 8.13. The van der Waals surface area contributed by atoms with Gasteiger partial charge in [-0.05, 0) is 18.1 Å². The first-order chi connectivity index (χ1) is 9.56. The van der Waals surface area contributed by atoms with Gasteiger partial charge in [-0.25, -0.2) is 8.42 Å². The van der Waals surface area contributed by atoms with Crippen molar-refractivity contribution in [3.63, 3.8) is 0 Å². The molecule has 0 N–H and O–H groups in total. The minimum absolute atomic E-state index is 0.0813. The summed E-state index contributed by atoms with van der Waals surface area (Å²) in [6.45, 7) is 0.315.